The van der Waals surface area contributed by atoms with Crippen LogP contribution in [0.25, 0.3) is 0 Å². The zero-order valence-corrected chi connectivity index (χ0v) is 9.55. The van der Waals surface area contributed by atoms with Crippen molar-refractivity contribution in [2.75, 3.05) is 19.8 Å². The van der Waals surface area contributed by atoms with Gasteiger partial charge >= 0.3 is 0 Å². The van der Waals surface area contributed by atoms with Crippen molar-refractivity contribution in [2.24, 2.45) is 0 Å². The SMILES string of the molecule is CSc1ccc([C@H]2CCCN2C)cn1. The summed E-state index contributed by atoms with van der Waals surface area (Å²) in [5, 5.41) is 1.11. The van der Waals surface area contributed by atoms with Crippen molar-refractivity contribution in [3.8, 4) is 0 Å². The van der Waals surface area contributed by atoms with Gasteiger partial charge in [0.1, 0.15) is 0 Å². The second-order valence-electron chi connectivity index (χ2n) is 3.77. The number of pyridine rings is 1. The molecule has 0 saturated carbocycles. The van der Waals surface area contributed by atoms with E-state index in [1.54, 1.807) is 11.8 Å². The topological polar surface area (TPSA) is 16.1 Å². The van der Waals surface area contributed by atoms with E-state index in [1.807, 2.05) is 6.20 Å². The molecule has 1 aliphatic heterocycles. The molecule has 1 atom stereocenters. The van der Waals surface area contributed by atoms with E-state index in [-0.39, 0.29) is 0 Å². The van der Waals surface area contributed by atoms with Crippen molar-refractivity contribution in [2.45, 2.75) is 23.9 Å². The van der Waals surface area contributed by atoms with Crippen LogP contribution in [-0.2, 0) is 0 Å². The second-order valence-corrected chi connectivity index (χ2v) is 4.60. The van der Waals surface area contributed by atoms with Gasteiger partial charge in [0.2, 0.25) is 0 Å². The largest absolute Gasteiger partial charge is 0.299 e. The van der Waals surface area contributed by atoms with Crippen molar-refractivity contribution in [1.29, 1.82) is 0 Å². The fourth-order valence-corrected chi connectivity index (χ4v) is 2.40. The van der Waals surface area contributed by atoms with Crippen molar-refractivity contribution < 1.29 is 0 Å². The summed E-state index contributed by atoms with van der Waals surface area (Å²) in [5.74, 6) is 0. The summed E-state index contributed by atoms with van der Waals surface area (Å²) in [6.07, 6.45) is 6.67. The first-order valence-electron chi connectivity index (χ1n) is 5.01. The lowest BCUT2D eigenvalue weighted by molar-refractivity contribution is 0.317. The molecule has 0 aromatic carbocycles. The lowest BCUT2D eigenvalue weighted by atomic mass is 10.1. The molecule has 0 aliphatic carbocycles. The molecule has 0 radical (unpaired) electrons. The maximum Gasteiger partial charge on any atom is 0.0957 e. The minimum absolute atomic E-state index is 0.596. The molecule has 1 fully saturated rings. The first-order chi connectivity index (χ1) is 6.81. The summed E-state index contributed by atoms with van der Waals surface area (Å²) in [6, 6.07) is 4.93. The lowest BCUT2D eigenvalue weighted by Crippen LogP contribution is -2.17. The molecule has 14 heavy (non-hydrogen) atoms. The Morgan fingerprint density at radius 3 is 2.86 bits per heavy atom. The average molecular weight is 208 g/mol. The third kappa shape index (κ3) is 1.93. The Kier molecular flexibility index (Phi) is 3.08. The maximum atomic E-state index is 4.41. The number of hydrogen-bond donors (Lipinski definition) is 0. The predicted octanol–water partition coefficient (Wildman–Crippen LogP) is 2.57. The van der Waals surface area contributed by atoms with Gasteiger partial charge in [0.15, 0.2) is 0 Å². The van der Waals surface area contributed by atoms with Gasteiger partial charge in [-0.05, 0) is 44.3 Å². The standard InChI is InChI=1S/C11H16N2S/c1-13-7-3-4-10(13)9-5-6-11(14-2)12-8-9/h5-6,8,10H,3-4,7H2,1-2H3/t10-/m1/s1. The molecule has 0 unspecified atom stereocenters. The highest BCUT2D eigenvalue weighted by molar-refractivity contribution is 7.98. The highest BCUT2D eigenvalue weighted by Crippen LogP contribution is 2.30. The minimum Gasteiger partial charge on any atom is -0.299 e. The van der Waals surface area contributed by atoms with Crippen LogP contribution in [-0.4, -0.2) is 29.7 Å². The van der Waals surface area contributed by atoms with Gasteiger partial charge in [-0.15, -0.1) is 11.8 Å². The normalized spacial score (nSPS) is 22.9. The van der Waals surface area contributed by atoms with E-state index in [2.05, 4.69) is 35.3 Å². The van der Waals surface area contributed by atoms with Gasteiger partial charge in [-0.1, -0.05) is 6.07 Å². The molecule has 0 spiro atoms. The number of rotatable bonds is 2. The van der Waals surface area contributed by atoms with Crippen molar-refractivity contribution >= 4 is 11.8 Å². The lowest BCUT2D eigenvalue weighted by Gasteiger charge is -2.19. The van der Waals surface area contributed by atoms with Gasteiger partial charge in [-0.3, -0.25) is 4.90 Å². The van der Waals surface area contributed by atoms with Gasteiger partial charge in [0.25, 0.3) is 0 Å². The van der Waals surface area contributed by atoms with Crippen molar-refractivity contribution in [1.82, 2.24) is 9.88 Å². The maximum absolute atomic E-state index is 4.41. The molecule has 1 saturated heterocycles. The second kappa shape index (κ2) is 4.32. The van der Waals surface area contributed by atoms with E-state index >= 15 is 0 Å². The van der Waals surface area contributed by atoms with Gasteiger partial charge in [0.05, 0.1) is 5.03 Å². The molecule has 2 rings (SSSR count). The molecule has 1 aliphatic rings. The fourth-order valence-electron chi connectivity index (χ4n) is 2.04. The smallest absolute Gasteiger partial charge is 0.0957 e. The molecule has 76 valence electrons. The number of likely N-dealkylation sites (tertiary alicyclic amines) is 1. The molecule has 1 aromatic heterocycles. The van der Waals surface area contributed by atoms with Crippen LogP contribution < -0.4 is 0 Å². The molecule has 0 N–H and O–H groups in total. The Morgan fingerprint density at radius 1 is 1.50 bits per heavy atom. The average Bonchev–Trinajstić information content (AvgIpc) is 2.65. The molecule has 3 heteroatoms. The zero-order valence-electron chi connectivity index (χ0n) is 8.73. The highest BCUT2D eigenvalue weighted by Gasteiger charge is 2.22. The van der Waals surface area contributed by atoms with Crippen LogP contribution in [0.1, 0.15) is 24.4 Å². The Hall–Kier alpha value is -0.540. The summed E-state index contributed by atoms with van der Waals surface area (Å²) >= 11 is 1.70. The van der Waals surface area contributed by atoms with Crippen LogP contribution in [0.3, 0.4) is 0 Å². The van der Waals surface area contributed by atoms with Crippen LogP contribution in [0.15, 0.2) is 23.4 Å². The zero-order chi connectivity index (χ0) is 9.97. The van der Waals surface area contributed by atoms with E-state index in [0.29, 0.717) is 6.04 Å². The summed E-state index contributed by atoms with van der Waals surface area (Å²) in [5.41, 5.74) is 1.36. The number of thioether (sulfide) groups is 1. The molecule has 2 heterocycles. The van der Waals surface area contributed by atoms with E-state index in [0.717, 1.165) is 5.03 Å². The fraction of sp³-hybridized carbons (Fsp3) is 0.545. The number of aromatic nitrogens is 1. The Labute approximate surface area is 89.7 Å². The van der Waals surface area contributed by atoms with E-state index in [4.69, 9.17) is 0 Å². The third-order valence-corrected chi connectivity index (χ3v) is 3.53. The van der Waals surface area contributed by atoms with Gasteiger partial charge in [-0.2, -0.15) is 0 Å². The third-order valence-electron chi connectivity index (χ3n) is 2.87. The monoisotopic (exact) mass is 208 g/mol. The molecular weight excluding hydrogens is 192 g/mol. The van der Waals surface area contributed by atoms with Crippen LogP contribution in [0.5, 0.6) is 0 Å². The highest BCUT2D eigenvalue weighted by atomic mass is 32.2. The first kappa shape index (κ1) is 9.99. The Bertz CT molecular complexity index is 297. The number of nitrogens with zero attached hydrogens (tertiary/aromatic N) is 2. The Balaban J connectivity index is 2.16. The molecule has 0 amide bonds. The molecule has 0 bridgehead atoms. The minimum atomic E-state index is 0.596. The van der Waals surface area contributed by atoms with Crippen LogP contribution >= 0.6 is 11.8 Å². The quantitative estimate of drug-likeness (QED) is 0.695. The van der Waals surface area contributed by atoms with Crippen LogP contribution in [0, 0.1) is 0 Å². The van der Waals surface area contributed by atoms with Crippen molar-refractivity contribution in [3.05, 3.63) is 23.9 Å². The van der Waals surface area contributed by atoms with Gasteiger partial charge in [0, 0.05) is 12.2 Å². The summed E-state index contributed by atoms with van der Waals surface area (Å²) < 4.78 is 0. The van der Waals surface area contributed by atoms with E-state index in [9.17, 15) is 0 Å². The number of hydrogen-bond acceptors (Lipinski definition) is 3. The van der Waals surface area contributed by atoms with Crippen LogP contribution in [0.2, 0.25) is 0 Å². The molecular formula is C11H16N2S. The summed E-state index contributed by atoms with van der Waals surface area (Å²) in [7, 11) is 2.19. The molecule has 1 aromatic rings. The van der Waals surface area contributed by atoms with Crippen LogP contribution in [0.4, 0.5) is 0 Å². The summed E-state index contributed by atoms with van der Waals surface area (Å²) in [4.78, 5) is 6.82. The van der Waals surface area contributed by atoms with E-state index in [1.165, 1.54) is 24.9 Å². The predicted molar refractivity (Wildman–Crippen MR) is 60.6 cm³/mol. The van der Waals surface area contributed by atoms with Crippen molar-refractivity contribution in [3.63, 3.8) is 0 Å². The van der Waals surface area contributed by atoms with Gasteiger partial charge < -0.3 is 0 Å². The van der Waals surface area contributed by atoms with Gasteiger partial charge in [-0.25, -0.2) is 4.98 Å². The first-order valence-corrected chi connectivity index (χ1v) is 6.24. The summed E-state index contributed by atoms with van der Waals surface area (Å²) in [6.45, 7) is 1.22. The molecule has 2 nitrogen and oxygen atoms in total. The van der Waals surface area contributed by atoms with E-state index < -0.39 is 0 Å². The Morgan fingerprint density at radius 2 is 2.36 bits per heavy atom.